The second-order valence-corrected chi connectivity index (χ2v) is 7.73. The minimum Gasteiger partial charge on any atom is -0.364 e. The van der Waals surface area contributed by atoms with Gasteiger partial charge in [-0.3, -0.25) is 14.6 Å². The molecule has 1 atom stereocenters. The number of hydrogen-bond donors (Lipinski definition) is 1. The molecule has 2 amide bonds. The fraction of sp³-hybridized carbons (Fsp3) is 0.174. The van der Waals surface area contributed by atoms with Crippen molar-refractivity contribution in [3.63, 3.8) is 0 Å². The van der Waals surface area contributed by atoms with Crippen molar-refractivity contribution < 1.29 is 18.4 Å². The van der Waals surface area contributed by atoms with Crippen LogP contribution in [0.15, 0.2) is 54.7 Å². The molecule has 31 heavy (non-hydrogen) atoms. The van der Waals surface area contributed by atoms with Gasteiger partial charge in [0.2, 0.25) is 0 Å². The first-order valence-electron chi connectivity index (χ1n) is 9.64. The molecule has 1 heterocycles. The van der Waals surface area contributed by atoms with Crippen LogP contribution in [0.1, 0.15) is 50.0 Å². The maximum absolute atomic E-state index is 14.5. The van der Waals surface area contributed by atoms with E-state index in [1.165, 1.54) is 35.4 Å². The highest BCUT2D eigenvalue weighted by atomic mass is 35.5. The van der Waals surface area contributed by atoms with E-state index >= 15 is 0 Å². The first kappa shape index (κ1) is 20.9. The van der Waals surface area contributed by atoms with E-state index < -0.39 is 29.5 Å². The number of primary amides is 1. The number of amides is 2. The summed E-state index contributed by atoms with van der Waals surface area (Å²) in [7, 11) is 0. The molecule has 0 radical (unpaired) electrons. The summed E-state index contributed by atoms with van der Waals surface area (Å²) in [5.74, 6) is -2.44. The molecule has 3 aromatic rings. The number of rotatable bonds is 5. The van der Waals surface area contributed by atoms with Crippen molar-refractivity contribution in [2.45, 2.75) is 25.4 Å². The zero-order chi connectivity index (χ0) is 22.1. The Morgan fingerprint density at radius 1 is 1.13 bits per heavy atom. The van der Waals surface area contributed by atoms with E-state index in [2.05, 4.69) is 4.98 Å². The molecule has 0 aliphatic heterocycles. The van der Waals surface area contributed by atoms with Crippen molar-refractivity contribution in [3.8, 4) is 0 Å². The van der Waals surface area contributed by atoms with Crippen molar-refractivity contribution in [3.05, 3.63) is 99.3 Å². The summed E-state index contributed by atoms with van der Waals surface area (Å²) in [5.41, 5.74) is 6.79. The van der Waals surface area contributed by atoms with Gasteiger partial charge in [-0.1, -0.05) is 29.8 Å². The van der Waals surface area contributed by atoms with Gasteiger partial charge in [0.1, 0.15) is 17.3 Å². The zero-order valence-corrected chi connectivity index (χ0v) is 17.1. The molecule has 0 fully saturated rings. The standard InChI is InChI=1S/C23H18ClF2N3O2/c24-14-10-17-15(19(26)11-14)7-8-20(17)29(23(31)16-5-1-2-6-18(16)25)12-13-4-3-9-28-21(13)22(27)30/h1-6,9-11,20H,7-8,12H2,(H2,27,30)/t20-/m1/s1. The molecule has 0 spiro atoms. The number of halogens is 3. The van der Waals surface area contributed by atoms with E-state index in [1.807, 2.05) is 0 Å². The topological polar surface area (TPSA) is 76.3 Å². The summed E-state index contributed by atoms with van der Waals surface area (Å²) in [4.78, 5) is 30.7. The Labute approximate surface area is 182 Å². The van der Waals surface area contributed by atoms with Crippen LogP contribution in [-0.2, 0) is 13.0 Å². The second kappa shape index (κ2) is 8.43. The Morgan fingerprint density at radius 2 is 1.90 bits per heavy atom. The molecule has 0 unspecified atom stereocenters. The Balaban J connectivity index is 1.81. The highest BCUT2D eigenvalue weighted by molar-refractivity contribution is 6.30. The van der Waals surface area contributed by atoms with Crippen molar-refractivity contribution in [2.24, 2.45) is 5.73 Å². The van der Waals surface area contributed by atoms with Crippen molar-refractivity contribution in [2.75, 3.05) is 0 Å². The van der Waals surface area contributed by atoms with Gasteiger partial charge >= 0.3 is 0 Å². The number of hydrogen-bond acceptors (Lipinski definition) is 3. The number of fused-ring (bicyclic) bond motifs is 1. The van der Waals surface area contributed by atoms with E-state index in [0.717, 1.165) is 0 Å². The van der Waals surface area contributed by atoms with Crippen LogP contribution >= 0.6 is 11.6 Å². The third-order valence-corrected chi connectivity index (χ3v) is 5.65. The van der Waals surface area contributed by atoms with Gasteiger partial charge in [-0.15, -0.1) is 0 Å². The molecule has 8 heteroatoms. The predicted molar refractivity (Wildman–Crippen MR) is 112 cm³/mol. The van der Waals surface area contributed by atoms with E-state index in [0.29, 0.717) is 29.5 Å². The van der Waals surface area contributed by atoms with Crippen LogP contribution in [-0.4, -0.2) is 21.7 Å². The fourth-order valence-electron chi connectivity index (χ4n) is 4.03. The summed E-state index contributed by atoms with van der Waals surface area (Å²) >= 11 is 6.07. The lowest BCUT2D eigenvalue weighted by atomic mass is 10.0. The first-order chi connectivity index (χ1) is 14.9. The molecular weight excluding hydrogens is 424 g/mol. The SMILES string of the molecule is NC(=O)c1ncccc1CN(C(=O)c1ccccc1F)[C@@H]1CCc2c(F)cc(Cl)cc21. The summed E-state index contributed by atoms with van der Waals surface area (Å²) in [6, 6.07) is 11.2. The van der Waals surface area contributed by atoms with E-state index in [9.17, 15) is 18.4 Å². The van der Waals surface area contributed by atoms with Crippen molar-refractivity contribution >= 4 is 23.4 Å². The molecule has 158 valence electrons. The van der Waals surface area contributed by atoms with Crippen LogP contribution in [0.3, 0.4) is 0 Å². The number of aromatic nitrogens is 1. The number of nitrogens with two attached hydrogens (primary N) is 1. The van der Waals surface area contributed by atoms with E-state index in [-0.39, 0.29) is 22.8 Å². The van der Waals surface area contributed by atoms with Crippen LogP contribution in [0.25, 0.3) is 0 Å². The molecule has 2 N–H and O–H groups in total. The number of benzene rings is 2. The van der Waals surface area contributed by atoms with Crippen LogP contribution in [0.2, 0.25) is 5.02 Å². The highest BCUT2D eigenvalue weighted by Crippen LogP contribution is 2.40. The zero-order valence-electron chi connectivity index (χ0n) is 16.3. The lowest BCUT2D eigenvalue weighted by molar-refractivity contribution is 0.0651. The van der Waals surface area contributed by atoms with E-state index in [1.54, 1.807) is 24.3 Å². The van der Waals surface area contributed by atoms with Gasteiger partial charge < -0.3 is 10.6 Å². The normalized spacial score (nSPS) is 14.9. The van der Waals surface area contributed by atoms with Gasteiger partial charge in [0.05, 0.1) is 11.6 Å². The molecular formula is C23H18ClF2N3O2. The van der Waals surface area contributed by atoms with Gasteiger partial charge in [-0.2, -0.15) is 0 Å². The maximum atomic E-state index is 14.5. The quantitative estimate of drug-likeness (QED) is 0.635. The van der Waals surface area contributed by atoms with Gasteiger partial charge in [0.15, 0.2) is 0 Å². The van der Waals surface area contributed by atoms with Crippen LogP contribution < -0.4 is 5.73 Å². The van der Waals surface area contributed by atoms with Gasteiger partial charge in [-0.05, 0) is 54.3 Å². The number of carbonyl (C=O) groups is 2. The summed E-state index contributed by atoms with van der Waals surface area (Å²) in [6.45, 7) is -0.0580. The smallest absolute Gasteiger partial charge is 0.267 e. The van der Waals surface area contributed by atoms with Crippen molar-refractivity contribution in [1.82, 2.24) is 9.88 Å². The third kappa shape index (κ3) is 4.01. The first-order valence-corrected chi connectivity index (χ1v) is 10.0. The van der Waals surface area contributed by atoms with E-state index in [4.69, 9.17) is 17.3 Å². The predicted octanol–water partition coefficient (Wildman–Crippen LogP) is 4.44. The number of carbonyl (C=O) groups excluding carboxylic acids is 2. The maximum Gasteiger partial charge on any atom is 0.267 e. The summed E-state index contributed by atoms with van der Waals surface area (Å²) < 4.78 is 28.9. The van der Waals surface area contributed by atoms with Gasteiger partial charge in [0, 0.05) is 23.3 Å². The molecule has 0 saturated heterocycles. The lowest BCUT2D eigenvalue weighted by Gasteiger charge is -2.30. The molecule has 1 aromatic heterocycles. The number of pyridine rings is 1. The van der Waals surface area contributed by atoms with Gasteiger partial charge in [0.25, 0.3) is 11.8 Å². The van der Waals surface area contributed by atoms with Gasteiger partial charge in [-0.25, -0.2) is 8.78 Å². The fourth-order valence-corrected chi connectivity index (χ4v) is 4.24. The second-order valence-electron chi connectivity index (χ2n) is 7.30. The summed E-state index contributed by atoms with van der Waals surface area (Å²) in [6.07, 6.45) is 2.26. The molecule has 1 aliphatic rings. The monoisotopic (exact) mass is 441 g/mol. The minimum atomic E-state index is -0.741. The Kier molecular flexibility index (Phi) is 5.69. The Bertz CT molecular complexity index is 1190. The molecule has 4 rings (SSSR count). The Morgan fingerprint density at radius 3 is 2.65 bits per heavy atom. The largest absolute Gasteiger partial charge is 0.364 e. The van der Waals surface area contributed by atoms with Crippen LogP contribution in [0.4, 0.5) is 8.78 Å². The molecule has 2 aromatic carbocycles. The molecule has 0 bridgehead atoms. The molecule has 1 aliphatic carbocycles. The average Bonchev–Trinajstić information content (AvgIpc) is 3.16. The van der Waals surface area contributed by atoms with Crippen molar-refractivity contribution in [1.29, 1.82) is 0 Å². The number of nitrogens with zero attached hydrogens (tertiary/aromatic N) is 2. The van der Waals surface area contributed by atoms with Crippen LogP contribution in [0, 0.1) is 11.6 Å². The average molecular weight is 442 g/mol. The Hall–Kier alpha value is -3.32. The lowest BCUT2D eigenvalue weighted by Crippen LogP contribution is -2.35. The van der Waals surface area contributed by atoms with Crippen LogP contribution in [0.5, 0.6) is 0 Å². The highest BCUT2D eigenvalue weighted by Gasteiger charge is 2.35. The third-order valence-electron chi connectivity index (χ3n) is 5.43. The minimum absolute atomic E-state index is 0.0179. The molecule has 0 saturated carbocycles. The molecule has 5 nitrogen and oxygen atoms in total. The summed E-state index contributed by atoms with van der Waals surface area (Å²) in [5, 5.41) is 0.209.